The fourth-order valence-corrected chi connectivity index (χ4v) is 2.34. The van der Waals surface area contributed by atoms with Crippen molar-refractivity contribution in [1.29, 1.82) is 0 Å². The Labute approximate surface area is 121 Å². The molecule has 2 aromatic carbocycles. The molecule has 2 aromatic rings. The minimum atomic E-state index is 0.395. The lowest BCUT2D eigenvalue weighted by molar-refractivity contribution is 0.339. The monoisotopic (exact) mass is 269 g/mol. The standard InChI is InChI=1S/C18H23NO/c1-3-18(16-10-6-5-7-11-16)19-14-15-9-8-12-17(13-15)20-4-2/h5-13,18-19H,3-4,14H2,1-2H3. The summed E-state index contributed by atoms with van der Waals surface area (Å²) in [6.07, 6.45) is 1.08. The maximum atomic E-state index is 5.54. The van der Waals surface area contributed by atoms with Crippen molar-refractivity contribution in [2.75, 3.05) is 6.61 Å². The number of rotatable bonds is 7. The first-order valence-electron chi connectivity index (χ1n) is 7.33. The van der Waals surface area contributed by atoms with E-state index in [4.69, 9.17) is 4.74 Å². The van der Waals surface area contributed by atoms with Crippen LogP contribution in [0.1, 0.15) is 37.4 Å². The quantitative estimate of drug-likeness (QED) is 0.808. The van der Waals surface area contributed by atoms with Gasteiger partial charge in [-0.05, 0) is 36.6 Å². The van der Waals surface area contributed by atoms with E-state index in [2.05, 4.69) is 54.7 Å². The van der Waals surface area contributed by atoms with Crippen molar-refractivity contribution in [2.45, 2.75) is 32.9 Å². The summed E-state index contributed by atoms with van der Waals surface area (Å²) in [4.78, 5) is 0. The van der Waals surface area contributed by atoms with E-state index in [0.717, 1.165) is 18.7 Å². The van der Waals surface area contributed by atoms with Gasteiger partial charge in [0.05, 0.1) is 6.61 Å². The second-order valence-electron chi connectivity index (χ2n) is 4.83. The van der Waals surface area contributed by atoms with E-state index < -0.39 is 0 Å². The molecule has 2 rings (SSSR count). The maximum Gasteiger partial charge on any atom is 0.119 e. The predicted molar refractivity (Wildman–Crippen MR) is 83.9 cm³/mol. The van der Waals surface area contributed by atoms with Crippen molar-refractivity contribution in [2.24, 2.45) is 0 Å². The van der Waals surface area contributed by atoms with Crippen LogP contribution in [0.15, 0.2) is 54.6 Å². The van der Waals surface area contributed by atoms with Gasteiger partial charge in [-0.1, -0.05) is 49.4 Å². The summed E-state index contributed by atoms with van der Waals surface area (Å²) in [5.74, 6) is 0.944. The zero-order valence-corrected chi connectivity index (χ0v) is 12.3. The van der Waals surface area contributed by atoms with Crippen molar-refractivity contribution < 1.29 is 4.74 Å². The third-order valence-electron chi connectivity index (χ3n) is 3.37. The molecule has 0 saturated carbocycles. The zero-order valence-electron chi connectivity index (χ0n) is 12.3. The average Bonchev–Trinajstić information content (AvgIpc) is 2.50. The highest BCUT2D eigenvalue weighted by Gasteiger charge is 2.08. The molecule has 0 amide bonds. The van der Waals surface area contributed by atoms with E-state index in [1.54, 1.807) is 0 Å². The summed E-state index contributed by atoms with van der Waals surface area (Å²) >= 11 is 0. The van der Waals surface area contributed by atoms with Crippen LogP contribution in [-0.4, -0.2) is 6.61 Å². The highest BCUT2D eigenvalue weighted by molar-refractivity contribution is 5.28. The van der Waals surface area contributed by atoms with Crippen LogP contribution >= 0.6 is 0 Å². The Morgan fingerprint density at radius 2 is 1.80 bits per heavy atom. The van der Waals surface area contributed by atoms with Crippen LogP contribution in [0.5, 0.6) is 5.75 Å². The molecule has 0 bridgehead atoms. The largest absolute Gasteiger partial charge is 0.494 e. The second kappa shape index (κ2) is 7.71. The summed E-state index contributed by atoms with van der Waals surface area (Å²) in [5, 5.41) is 3.62. The van der Waals surface area contributed by atoms with Crippen LogP contribution < -0.4 is 10.1 Å². The Bertz CT molecular complexity index is 510. The molecule has 0 heterocycles. The molecule has 0 radical (unpaired) electrons. The van der Waals surface area contributed by atoms with Gasteiger partial charge >= 0.3 is 0 Å². The average molecular weight is 269 g/mol. The molecule has 0 spiro atoms. The predicted octanol–water partition coefficient (Wildman–Crippen LogP) is 4.33. The van der Waals surface area contributed by atoms with E-state index in [1.807, 2.05) is 19.1 Å². The molecule has 0 aliphatic rings. The number of benzene rings is 2. The summed E-state index contributed by atoms with van der Waals surface area (Å²) in [7, 11) is 0. The molecular weight excluding hydrogens is 246 g/mol. The molecular formula is C18H23NO. The van der Waals surface area contributed by atoms with Gasteiger partial charge in [-0.2, -0.15) is 0 Å². The highest BCUT2D eigenvalue weighted by atomic mass is 16.5. The lowest BCUT2D eigenvalue weighted by Gasteiger charge is -2.17. The lowest BCUT2D eigenvalue weighted by Crippen LogP contribution is -2.20. The van der Waals surface area contributed by atoms with Gasteiger partial charge in [-0.3, -0.25) is 0 Å². The first-order chi connectivity index (χ1) is 9.83. The molecule has 106 valence electrons. The maximum absolute atomic E-state index is 5.54. The van der Waals surface area contributed by atoms with Gasteiger partial charge in [-0.25, -0.2) is 0 Å². The van der Waals surface area contributed by atoms with E-state index in [9.17, 15) is 0 Å². The van der Waals surface area contributed by atoms with Crippen LogP contribution in [0.2, 0.25) is 0 Å². The summed E-state index contributed by atoms with van der Waals surface area (Å²) in [5.41, 5.74) is 2.60. The van der Waals surface area contributed by atoms with Crippen LogP contribution in [0.25, 0.3) is 0 Å². The Balaban J connectivity index is 1.98. The first kappa shape index (κ1) is 14.6. The topological polar surface area (TPSA) is 21.3 Å². The summed E-state index contributed by atoms with van der Waals surface area (Å²) in [6.45, 7) is 5.78. The number of hydrogen-bond donors (Lipinski definition) is 1. The molecule has 0 aromatic heterocycles. The van der Waals surface area contributed by atoms with Gasteiger partial charge in [0.25, 0.3) is 0 Å². The van der Waals surface area contributed by atoms with Gasteiger partial charge in [0.2, 0.25) is 0 Å². The Kier molecular flexibility index (Phi) is 5.63. The Morgan fingerprint density at radius 3 is 2.50 bits per heavy atom. The molecule has 0 aliphatic heterocycles. The number of nitrogens with one attached hydrogen (secondary N) is 1. The molecule has 1 unspecified atom stereocenters. The molecule has 0 aliphatic carbocycles. The molecule has 0 saturated heterocycles. The lowest BCUT2D eigenvalue weighted by atomic mass is 10.0. The van der Waals surface area contributed by atoms with E-state index in [1.165, 1.54) is 11.1 Å². The molecule has 1 N–H and O–H groups in total. The van der Waals surface area contributed by atoms with Crippen LogP contribution in [0.4, 0.5) is 0 Å². The van der Waals surface area contributed by atoms with Crippen LogP contribution in [0, 0.1) is 0 Å². The summed E-state index contributed by atoms with van der Waals surface area (Å²) in [6, 6.07) is 19.3. The minimum Gasteiger partial charge on any atom is -0.494 e. The van der Waals surface area contributed by atoms with Crippen molar-refractivity contribution in [3.8, 4) is 5.75 Å². The summed E-state index contributed by atoms with van der Waals surface area (Å²) < 4.78 is 5.54. The van der Waals surface area contributed by atoms with Crippen molar-refractivity contribution in [1.82, 2.24) is 5.32 Å². The van der Waals surface area contributed by atoms with E-state index in [0.29, 0.717) is 12.6 Å². The van der Waals surface area contributed by atoms with E-state index >= 15 is 0 Å². The Hall–Kier alpha value is -1.80. The van der Waals surface area contributed by atoms with Crippen molar-refractivity contribution in [3.63, 3.8) is 0 Å². The van der Waals surface area contributed by atoms with Gasteiger partial charge < -0.3 is 10.1 Å². The van der Waals surface area contributed by atoms with Crippen molar-refractivity contribution >= 4 is 0 Å². The molecule has 20 heavy (non-hydrogen) atoms. The normalized spacial score (nSPS) is 12.1. The first-order valence-corrected chi connectivity index (χ1v) is 7.33. The minimum absolute atomic E-state index is 0.395. The van der Waals surface area contributed by atoms with Gasteiger partial charge in [0, 0.05) is 12.6 Å². The molecule has 0 fully saturated rings. The fourth-order valence-electron chi connectivity index (χ4n) is 2.34. The van der Waals surface area contributed by atoms with E-state index in [-0.39, 0.29) is 0 Å². The van der Waals surface area contributed by atoms with Gasteiger partial charge in [-0.15, -0.1) is 0 Å². The Morgan fingerprint density at radius 1 is 1.00 bits per heavy atom. The molecule has 1 atom stereocenters. The van der Waals surface area contributed by atoms with Gasteiger partial charge in [0.15, 0.2) is 0 Å². The fraction of sp³-hybridized carbons (Fsp3) is 0.333. The van der Waals surface area contributed by atoms with Crippen LogP contribution in [0.3, 0.4) is 0 Å². The second-order valence-corrected chi connectivity index (χ2v) is 4.83. The van der Waals surface area contributed by atoms with Gasteiger partial charge in [0.1, 0.15) is 5.75 Å². The molecule has 2 heteroatoms. The zero-order chi connectivity index (χ0) is 14.2. The smallest absolute Gasteiger partial charge is 0.119 e. The molecule has 2 nitrogen and oxygen atoms in total. The third-order valence-corrected chi connectivity index (χ3v) is 3.37. The highest BCUT2D eigenvalue weighted by Crippen LogP contribution is 2.18. The van der Waals surface area contributed by atoms with Crippen molar-refractivity contribution in [3.05, 3.63) is 65.7 Å². The SMILES string of the molecule is CCOc1cccc(CNC(CC)c2ccccc2)c1. The number of ether oxygens (including phenoxy) is 1. The van der Waals surface area contributed by atoms with Crippen LogP contribution in [-0.2, 0) is 6.54 Å². The third kappa shape index (κ3) is 4.10. The number of hydrogen-bond acceptors (Lipinski definition) is 2.